The predicted octanol–water partition coefficient (Wildman–Crippen LogP) is 0.953. The summed E-state index contributed by atoms with van der Waals surface area (Å²) < 4.78 is 19.0. The number of likely N-dealkylation sites (N-methyl/N-ethyl adjacent to an activating group) is 1. The van der Waals surface area contributed by atoms with E-state index in [-0.39, 0.29) is 5.82 Å². The number of nitrogens with zero attached hydrogens (tertiary/aromatic N) is 2. The number of halogens is 1. The van der Waals surface area contributed by atoms with Crippen LogP contribution < -0.4 is 10.5 Å². The first kappa shape index (κ1) is 15.2. The van der Waals surface area contributed by atoms with Gasteiger partial charge in [-0.2, -0.15) is 0 Å². The van der Waals surface area contributed by atoms with Crippen molar-refractivity contribution in [2.45, 2.75) is 6.42 Å². The topological polar surface area (TPSA) is 41.7 Å². The van der Waals surface area contributed by atoms with Gasteiger partial charge in [0.15, 0.2) is 0 Å². The van der Waals surface area contributed by atoms with E-state index in [0.717, 1.165) is 44.0 Å². The molecule has 1 aliphatic rings. The molecule has 1 aromatic carbocycles. The van der Waals surface area contributed by atoms with Crippen LogP contribution >= 0.6 is 0 Å². The summed E-state index contributed by atoms with van der Waals surface area (Å²) in [5, 5.41) is 0. The fraction of sp³-hybridized carbons (Fsp3) is 0.600. The summed E-state index contributed by atoms with van der Waals surface area (Å²) >= 11 is 0. The SMILES string of the molecule is CN1CCN(CCOc2ccc(F)cc2CCN)CC1. The normalized spacial score (nSPS) is 17.4. The molecule has 0 aliphatic carbocycles. The van der Waals surface area contributed by atoms with E-state index in [4.69, 9.17) is 10.5 Å². The van der Waals surface area contributed by atoms with Crippen molar-refractivity contribution in [1.82, 2.24) is 9.80 Å². The molecule has 0 unspecified atom stereocenters. The van der Waals surface area contributed by atoms with Crippen molar-refractivity contribution in [2.75, 3.05) is 52.9 Å². The lowest BCUT2D eigenvalue weighted by Crippen LogP contribution is -2.45. The second-order valence-electron chi connectivity index (χ2n) is 5.28. The molecule has 4 nitrogen and oxygen atoms in total. The first-order chi connectivity index (χ1) is 9.69. The van der Waals surface area contributed by atoms with Crippen molar-refractivity contribution in [3.63, 3.8) is 0 Å². The van der Waals surface area contributed by atoms with Crippen LogP contribution in [0.4, 0.5) is 4.39 Å². The maximum Gasteiger partial charge on any atom is 0.123 e. The molecule has 0 atom stereocenters. The number of rotatable bonds is 6. The fourth-order valence-corrected chi connectivity index (χ4v) is 2.40. The van der Waals surface area contributed by atoms with Crippen molar-refractivity contribution < 1.29 is 9.13 Å². The lowest BCUT2D eigenvalue weighted by Gasteiger charge is -2.32. The molecule has 2 rings (SSSR count). The molecule has 1 saturated heterocycles. The number of nitrogens with two attached hydrogens (primary N) is 1. The molecule has 20 heavy (non-hydrogen) atoms. The average Bonchev–Trinajstić information content (AvgIpc) is 2.44. The lowest BCUT2D eigenvalue weighted by atomic mass is 10.1. The van der Waals surface area contributed by atoms with E-state index in [1.165, 1.54) is 12.1 Å². The Bertz CT molecular complexity index is 420. The third kappa shape index (κ3) is 4.44. The van der Waals surface area contributed by atoms with Crippen molar-refractivity contribution in [2.24, 2.45) is 5.73 Å². The minimum Gasteiger partial charge on any atom is -0.492 e. The lowest BCUT2D eigenvalue weighted by molar-refractivity contribution is 0.133. The van der Waals surface area contributed by atoms with Crippen molar-refractivity contribution in [3.8, 4) is 5.75 Å². The van der Waals surface area contributed by atoms with E-state index in [1.807, 2.05) is 0 Å². The molecule has 0 saturated carbocycles. The summed E-state index contributed by atoms with van der Waals surface area (Å²) in [6, 6.07) is 4.65. The van der Waals surface area contributed by atoms with E-state index in [9.17, 15) is 4.39 Å². The van der Waals surface area contributed by atoms with Crippen LogP contribution in [0.5, 0.6) is 5.75 Å². The highest BCUT2D eigenvalue weighted by atomic mass is 19.1. The van der Waals surface area contributed by atoms with E-state index in [2.05, 4.69) is 16.8 Å². The van der Waals surface area contributed by atoms with Gasteiger partial charge in [-0.25, -0.2) is 4.39 Å². The molecule has 1 fully saturated rings. The van der Waals surface area contributed by atoms with Crippen molar-refractivity contribution in [1.29, 1.82) is 0 Å². The van der Waals surface area contributed by atoms with E-state index < -0.39 is 0 Å². The van der Waals surface area contributed by atoms with Crippen molar-refractivity contribution in [3.05, 3.63) is 29.6 Å². The number of ether oxygens (including phenoxy) is 1. The number of hydrogen-bond donors (Lipinski definition) is 1. The quantitative estimate of drug-likeness (QED) is 0.843. The Morgan fingerprint density at radius 3 is 2.70 bits per heavy atom. The van der Waals surface area contributed by atoms with Crippen LogP contribution in [0.3, 0.4) is 0 Å². The minimum absolute atomic E-state index is 0.236. The van der Waals surface area contributed by atoms with Gasteiger partial charge in [-0.3, -0.25) is 4.90 Å². The van der Waals surface area contributed by atoms with Gasteiger partial charge < -0.3 is 15.4 Å². The monoisotopic (exact) mass is 281 g/mol. The Labute approximate surface area is 120 Å². The molecule has 1 aromatic rings. The maximum atomic E-state index is 13.2. The van der Waals surface area contributed by atoms with Gasteiger partial charge in [0.2, 0.25) is 0 Å². The molecule has 0 bridgehead atoms. The largest absolute Gasteiger partial charge is 0.492 e. The summed E-state index contributed by atoms with van der Waals surface area (Å²) in [5.41, 5.74) is 6.40. The first-order valence-corrected chi connectivity index (χ1v) is 7.21. The summed E-state index contributed by atoms with van der Waals surface area (Å²) in [5.74, 6) is 0.519. The smallest absolute Gasteiger partial charge is 0.123 e. The number of benzene rings is 1. The number of piperazine rings is 1. The molecule has 0 spiro atoms. The average molecular weight is 281 g/mol. The Morgan fingerprint density at radius 2 is 2.00 bits per heavy atom. The van der Waals surface area contributed by atoms with Crippen LogP contribution in [0.2, 0.25) is 0 Å². The molecule has 1 aliphatic heterocycles. The second-order valence-corrected chi connectivity index (χ2v) is 5.28. The van der Waals surface area contributed by atoms with Gasteiger partial charge in [-0.05, 0) is 43.8 Å². The van der Waals surface area contributed by atoms with Gasteiger partial charge in [0, 0.05) is 32.7 Å². The Balaban J connectivity index is 1.81. The predicted molar refractivity (Wildman–Crippen MR) is 78.6 cm³/mol. The van der Waals surface area contributed by atoms with Crippen molar-refractivity contribution >= 4 is 0 Å². The van der Waals surface area contributed by atoms with Gasteiger partial charge in [0.1, 0.15) is 18.2 Å². The molecule has 1 heterocycles. The highest BCUT2D eigenvalue weighted by Crippen LogP contribution is 2.20. The fourth-order valence-electron chi connectivity index (χ4n) is 2.40. The van der Waals surface area contributed by atoms with Crippen LogP contribution in [0, 0.1) is 5.82 Å². The molecular formula is C15H24FN3O. The van der Waals surface area contributed by atoms with Gasteiger partial charge >= 0.3 is 0 Å². The zero-order chi connectivity index (χ0) is 14.4. The summed E-state index contributed by atoms with van der Waals surface area (Å²) in [6.45, 7) is 6.42. The molecular weight excluding hydrogens is 257 g/mol. The standard InChI is InChI=1S/C15H24FN3O/c1-18-6-8-19(9-7-18)10-11-20-15-3-2-14(16)12-13(15)4-5-17/h2-3,12H,4-11,17H2,1H3. The highest BCUT2D eigenvalue weighted by Gasteiger charge is 2.13. The van der Waals surface area contributed by atoms with Crippen LogP contribution in [0.25, 0.3) is 0 Å². The van der Waals surface area contributed by atoms with Crippen LogP contribution in [-0.4, -0.2) is 62.7 Å². The minimum atomic E-state index is -0.236. The summed E-state index contributed by atoms with van der Waals surface area (Å²) in [4.78, 5) is 4.73. The zero-order valence-electron chi connectivity index (χ0n) is 12.1. The van der Waals surface area contributed by atoms with E-state index >= 15 is 0 Å². The Hall–Kier alpha value is -1.17. The Morgan fingerprint density at radius 1 is 1.25 bits per heavy atom. The molecule has 0 aromatic heterocycles. The van der Waals surface area contributed by atoms with Crippen LogP contribution in [0.15, 0.2) is 18.2 Å². The highest BCUT2D eigenvalue weighted by molar-refractivity contribution is 5.34. The molecule has 0 amide bonds. The maximum absolute atomic E-state index is 13.2. The van der Waals surface area contributed by atoms with Gasteiger partial charge in [0.25, 0.3) is 0 Å². The first-order valence-electron chi connectivity index (χ1n) is 7.21. The van der Waals surface area contributed by atoms with Gasteiger partial charge in [0.05, 0.1) is 0 Å². The molecule has 112 valence electrons. The van der Waals surface area contributed by atoms with Gasteiger partial charge in [-0.15, -0.1) is 0 Å². The number of hydrogen-bond acceptors (Lipinski definition) is 4. The molecule has 2 N–H and O–H groups in total. The van der Waals surface area contributed by atoms with Crippen LogP contribution in [0.1, 0.15) is 5.56 Å². The summed E-state index contributed by atoms with van der Waals surface area (Å²) in [7, 11) is 2.14. The Kier molecular flexibility index (Phi) is 5.76. The van der Waals surface area contributed by atoms with E-state index in [1.54, 1.807) is 6.07 Å². The third-order valence-corrected chi connectivity index (χ3v) is 3.70. The third-order valence-electron chi connectivity index (χ3n) is 3.70. The van der Waals surface area contributed by atoms with Crippen LogP contribution in [-0.2, 0) is 6.42 Å². The zero-order valence-corrected chi connectivity index (χ0v) is 12.1. The van der Waals surface area contributed by atoms with E-state index in [0.29, 0.717) is 19.6 Å². The summed E-state index contributed by atoms with van der Waals surface area (Å²) in [6.07, 6.45) is 0.640. The van der Waals surface area contributed by atoms with Gasteiger partial charge in [-0.1, -0.05) is 0 Å². The molecule has 5 heteroatoms. The molecule has 0 radical (unpaired) electrons. The second kappa shape index (κ2) is 7.57.